The molecule has 0 radical (unpaired) electrons. The first kappa shape index (κ1) is 15.8. The van der Waals surface area contributed by atoms with Gasteiger partial charge in [-0.15, -0.1) is 0 Å². The highest BCUT2D eigenvalue weighted by Crippen LogP contribution is 2.26. The molecular weight excluding hydrogens is 310 g/mol. The van der Waals surface area contributed by atoms with E-state index < -0.39 is 16.1 Å². The van der Waals surface area contributed by atoms with E-state index in [1.54, 1.807) is 37.3 Å². The molecule has 1 atom stereocenters. The molecule has 0 bridgehead atoms. The first-order valence-electron chi connectivity index (χ1n) is 6.36. The van der Waals surface area contributed by atoms with E-state index in [-0.39, 0.29) is 4.90 Å². The molecule has 0 aromatic heterocycles. The van der Waals surface area contributed by atoms with Crippen LogP contribution in [0.3, 0.4) is 0 Å². The third-order valence-corrected chi connectivity index (χ3v) is 4.75. The quantitative estimate of drug-likeness (QED) is 0.904. The number of sulfonamides is 1. The summed E-state index contributed by atoms with van der Waals surface area (Å²) in [6.07, 6.45) is -0.638. The first-order chi connectivity index (χ1) is 9.79. The number of aliphatic hydroxyl groups excluding tert-OH is 1. The predicted octanol–water partition coefficient (Wildman–Crippen LogP) is 3.50. The Labute approximate surface area is 129 Å². The minimum absolute atomic E-state index is 0.115. The minimum Gasteiger partial charge on any atom is -0.389 e. The third-order valence-electron chi connectivity index (χ3n) is 3.04. The number of aliphatic hydroxyl groups is 1. The minimum atomic E-state index is -3.71. The molecule has 0 fully saturated rings. The maximum Gasteiger partial charge on any atom is 0.261 e. The standard InChI is InChI=1S/C15H16ClNO3S/c1-10-3-8-14(16)15(9-10)17-21(19,20)13-6-4-12(5-7-13)11(2)18/h3-9,11,17-18H,1-2H3. The predicted molar refractivity (Wildman–Crippen MR) is 84.1 cm³/mol. The van der Waals surface area contributed by atoms with Gasteiger partial charge in [0.15, 0.2) is 0 Å². The van der Waals surface area contributed by atoms with Gasteiger partial charge in [-0.25, -0.2) is 8.42 Å². The van der Waals surface area contributed by atoms with Gasteiger partial charge < -0.3 is 5.11 Å². The number of rotatable bonds is 4. The Morgan fingerprint density at radius 1 is 1.14 bits per heavy atom. The molecule has 2 N–H and O–H groups in total. The first-order valence-corrected chi connectivity index (χ1v) is 8.23. The van der Waals surface area contributed by atoms with Gasteiger partial charge in [-0.2, -0.15) is 0 Å². The molecule has 0 aliphatic carbocycles. The number of nitrogens with one attached hydrogen (secondary N) is 1. The lowest BCUT2D eigenvalue weighted by molar-refractivity contribution is 0.199. The fourth-order valence-corrected chi connectivity index (χ4v) is 3.14. The molecule has 0 aliphatic heterocycles. The van der Waals surface area contributed by atoms with Crippen LogP contribution < -0.4 is 4.72 Å². The van der Waals surface area contributed by atoms with Crippen LogP contribution in [0.25, 0.3) is 0 Å². The van der Waals surface area contributed by atoms with E-state index in [2.05, 4.69) is 4.72 Å². The van der Waals surface area contributed by atoms with Crippen molar-refractivity contribution in [2.45, 2.75) is 24.8 Å². The van der Waals surface area contributed by atoms with E-state index in [4.69, 9.17) is 11.6 Å². The molecule has 4 nitrogen and oxygen atoms in total. The zero-order chi connectivity index (χ0) is 15.6. The molecule has 21 heavy (non-hydrogen) atoms. The largest absolute Gasteiger partial charge is 0.389 e. The van der Waals surface area contributed by atoms with E-state index >= 15 is 0 Å². The van der Waals surface area contributed by atoms with E-state index in [9.17, 15) is 13.5 Å². The number of hydrogen-bond acceptors (Lipinski definition) is 3. The molecule has 6 heteroatoms. The van der Waals surface area contributed by atoms with Crippen molar-refractivity contribution in [2.75, 3.05) is 4.72 Å². The van der Waals surface area contributed by atoms with Crippen molar-refractivity contribution in [1.29, 1.82) is 0 Å². The Morgan fingerprint density at radius 2 is 1.76 bits per heavy atom. The highest BCUT2D eigenvalue weighted by atomic mass is 35.5. The average Bonchev–Trinajstić information content (AvgIpc) is 2.43. The Bertz CT molecular complexity index is 740. The number of aryl methyl sites for hydroxylation is 1. The third kappa shape index (κ3) is 3.75. The number of anilines is 1. The van der Waals surface area contributed by atoms with Crippen LogP contribution in [0, 0.1) is 6.92 Å². The summed E-state index contributed by atoms with van der Waals surface area (Å²) in [5, 5.41) is 9.77. The summed E-state index contributed by atoms with van der Waals surface area (Å²) in [5.74, 6) is 0. The van der Waals surface area contributed by atoms with Crippen LogP contribution in [0.15, 0.2) is 47.4 Å². The van der Waals surface area contributed by atoms with Gasteiger partial charge in [-0.1, -0.05) is 29.8 Å². The summed E-state index contributed by atoms with van der Waals surface area (Å²) in [6, 6.07) is 11.2. The van der Waals surface area contributed by atoms with E-state index in [1.807, 2.05) is 6.92 Å². The fraction of sp³-hybridized carbons (Fsp3) is 0.200. The summed E-state index contributed by atoms with van der Waals surface area (Å²) in [6.45, 7) is 3.47. The zero-order valence-electron chi connectivity index (χ0n) is 11.7. The van der Waals surface area contributed by atoms with Crippen molar-refractivity contribution in [1.82, 2.24) is 0 Å². The van der Waals surface area contributed by atoms with Crippen molar-refractivity contribution in [3.63, 3.8) is 0 Å². The molecule has 2 aromatic carbocycles. The summed E-state index contributed by atoms with van der Waals surface area (Å²) >= 11 is 6.00. The molecule has 0 heterocycles. The zero-order valence-corrected chi connectivity index (χ0v) is 13.2. The summed E-state index contributed by atoms with van der Waals surface area (Å²) in [7, 11) is -3.71. The van der Waals surface area contributed by atoms with Gasteiger partial charge in [0.1, 0.15) is 0 Å². The van der Waals surface area contributed by atoms with Crippen LogP contribution in [-0.4, -0.2) is 13.5 Å². The summed E-state index contributed by atoms with van der Waals surface area (Å²) in [5.41, 5.74) is 1.90. The van der Waals surface area contributed by atoms with Crippen LogP contribution in [0.4, 0.5) is 5.69 Å². The van der Waals surface area contributed by atoms with Crippen molar-refractivity contribution >= 4 is 27.3 Å². The molecule has 1 unspecified atom stereocenters. The fourth-order valence-electron chi connectivity index (χ4n) is 1.85. The Balaban J connectivity index is 2.31. The molecule has 0 amide bonds. The normalized spacial score (nSPS) is 13.0. The SMILES string of the molecule is Cc1ccc(Cl)c(NS(=O)(=O)c2ccc(C(C)O)cc2)c1. The Kier molecular flexibility index (Phi) is 4.56. The average molecular weight is 326 g/mol. The van der Waals surface area contributed by atoms with Crippen LogP contribution in [0.2, 0.25) is 5.02 Å². The molecule has 0 spiro atoms. The topological polar surface area (TPSA) is 66.4 Å². The molecule has 0 aliphatic rings. The Hall–Kier alpha value is -1.56. The van der Waals surface area contributed by atoms with Gasteiger partial charge in [0.25, 0.3) is 10.0 Å². The second-order valence-corrected chi connectivity index (χ2v) is 6.92. The van der Waals surface area contributed by atoms with Gasteiger partial charge in [0.05, 0.1) is 21.7 Å². The second kappa shape index (κ2) is 6.05. The molecule has 2 rings (SSSR count). The van der Waals surface area contributed by atoms with Crippen LogP contribution in [0.1, 0.15) is 24.2 Å². The van der Waals surface area contributed by atoms with Crippen molar-refractivity contribution < 1.29 is 13.5 Å². The highest BCUT2D eigenvalue weighted by molar-refractivity contribution is 7.92. The Morgan fingerprint density at radius 3 is 2.33 bits per heavy atom. The van der Waals surface area contributed by atoms with Gasteiger partial charge in [-0.3, -0.25) is 4.72 Å². The lowest BCUT2D eigenvalue weighted by Gasteiger charge is -2.11. The number of halogens is 1. The van der Waals surface area contributed by atoms with Crippen LogP contribution >= 0.6 is 11.6 Å². The van der Waals surface area contributed by atoms with Crippen molar-refractivity contribution in [3.05, 3.63) is 58.6 Å². The van der Waals surface area contributed by atoms with Gasteiger partial charge >= 0.3 is 0 Å². The van der Waals surface area contributed by atoms with Gasteiger partial charge in [0.2, 0.25) is 0 Å². The van der Waals surface area contributed by atoms with Gasteiger partial charge in [0, 0.05) is 0 Å². The number of hydrogen-bond donors (Lipinski definition) is 2. The smallest absolute Gasteiger partial charge is 0.261 e. The highest BCUT2D eigenvalue weighted by Gasteiger charge is 2.16. The summed E-state index contributed by atoms with van der Waals surface area (Å²) < 4.78 is 27.1. The summed E-state index contributed by atoms with van der Waals surface area (Å²) in [4.78, 5) is 0.115. The van der Waals surface area contributed by atoms with E-state index in [1.165, 1.54) is 12.1 Å². The van der Waals surface area contributed by atoms with Crippen molar-refractivity contribution in [2.24, 2.45) is 0 Å². The molecule has 2 aromatic rings. The van der Waals surface area contributed by atoms with Crippen LogP contribution in [-0.2, 0) is 10.0 Å². The molecule has 0 saturated carbocycles. The molecular formula is C15H16ClNO3S. The lowest BCUT2D eigenvalue weighted by Crippen LogP contribution is -2.13. The maximum absolute atomic E-state index is 12.3. The number of benzene rings is 2. The van der Waals surface area contributed by atoms with E-state index in [0.717, 1.165) is 5.56 Å². The lowest BCUT2D eigenvalue weighted by atomic mass is 10.1. The van der Waals surface area contributed by atoms with Crippen LogP contribution in [0.5, 0.6) is 0 Å². The van der Waals surface area contributed by atoms with E-state index in [0.29, 0.717) is 16.3 Å². The monoisotopic (exact) mass is 325 g/mol. The maximum atomic E-state index is 12.3. The molecule has 0 saturated heterocycles. The van der Waals surface area contributed by atoms with Gasteiger partial charge in [-0.05, 0) is 49.2 Å². The second-order valence-electron chi connectivity index (χ2n) is 4.83. The van der Waals surface area contributed by atoms with Crippen molar-refractivity contribution in [3.8, 4) is 0 Å². The molecule has 112 valence electrons.